The fraction of sp³-hybridized carbons (Fsp3) is 0.184. The molecule has 1 aliphatic heterocycles. The number of nitrogen functional groups attached to an aromatic ring is 1. The van der Waals surface area contributed by atoms with Gasteiger partial charge in [0.2, 0.25) is 11.5 Å². The molecule has 7 rings (SSSR count). The van der Waals surface area contributed by atoms with Crippen molar-refractivity contribution in [1.29, 1.82) is 0 Å². The van der Waals surface area contributed by atoms with Crippen LogP contribution in [0.5, 0.6) is 11.5 Å². The lowest BCUT2D eigenvalue weighted by atomic mass is 9.63. The van der Waals surface area contributed by atoms with Crippen LogP contribution in [0, 0.1) is 6.10 Å². The van der Waals surface area contributed by atoms with E-state index >= 15 is 0 Å². The summed E-state index contributed by atoms with van der Waals surface area (Å²) >= 11 is 0. The number of anilines is 1. The van der Waals surface area contributed by atoms with Crippen molar-refractivity contribution in [3.8, 4) is 11.5 Å². The lowest BCUT2D eigenvalue weighted by Gasteiger charge is -2.43. The number of Topliss-reactive ketones (excluding diaryl/α,β-unsaturated/α-hetero) is 1. The highest BCUT2D eigenvalue weighted by atomic mass is 16.6. The summed E-state index contributed by atoms with van der Waals surface area (Å²) in [5.41, 5.74) is 4.03. The molecule has 1 fully saturated rings. The van der Waals surface area contributed by atoms with Gasteiger partial charge >= 0.3 is 0 Å². The maximum Gasteiger partial charge on any atom is 0.242 e. The highest BCUT2D eigenvalue weighted by molar-refractivity contribution is 6.02. The van der Waals surface area contributed by atoms with Gasteiger partial charge in [0.15, 0.2) is 17.6 Å². The first-order chi connectivity index (χ1) is 24.3. The van der Waals surface area contributed by atoms with Crippen molar-refractivity contribution >= 4 is 22.8 Å². The number of hydrogen-bond acceptors (Lipinski definition) is 11. The number of nitrogens with zero attached hydrogens (tertiary/aromatic N) is 4. The van der Waals surface area contributed by atoms with Crippen molar-refractivity contribution in [3.05, 3.63) is 150 Å². The molecule has 1 aliphatic rings. The number of para-hydroxylation sites is 2. The number of rotatable bonds is 10. The van der Waals surface area contributed by atoms with Gasteiger partial charge in [-0.3, -0.25) is 9.36 Å². The van der Waals surface area contributed by atoms with Crippen LogP contribution in [-0.4, -0.2) is 73.2 Å². The van der Waals surface area contributed by atoms with Gasteiger partial charge in [0.1, 0.15) is 48.0 Å². The molecule has 12 heteroatoms. The maximum absolute atomic E-state index is 14.7. The number of methoxy groups -OCH3 is 2. The summed E-state index contributed by atoms with van der Waals surface area (Å²) in [7, 11) is 3.04. The molecule has 1 saturated heterocycles. The van der Waals surface area contributed by atoms with Crippen LogP contribution in [0.3, 0.4) is 0 Å². The van der Waals surface area contributed by atoms with E-state index in [-0.39, 0.29) is 22.5 Å². The largest absolute Gasteiger partial charge is 0.496 e. The molecule has 3 heterocycles. The van der Waals surface area contributed by atoms with E-state index in [4.69, 9.17) is 19.9 Å². The molecule has 1 radical (unpaired) electrons. The number of carbonyl (C=O) groups is 1. The third-order valence-corrected chi connectivity index (χ3v) is 9.35. The van der Waals surface area contributed by atoms with Crippen LogP contribution in [-0.2, 0) is 15.9 Å². The van der Waals surface area contributed by atoms with Crippen LogP contribution < -0.4 is 15.2 Å². The molecule has 50 heavy (non-hydrogen) atoms. The van der Waals surface area contributed by atoms with E-state index in [2.05, 4.69) is 15.0 Å². The molecule has 2 aromatic heterocycles. The van der Waals surface area contributed by atoms with Crippen LogP contribution in [0.1, 0.15) is 27.0 Å². The van der Waals surface area contributed by atoms with Crippen LogP contribution in [0.4, 0.5) is 5.82 Å². The van der Waals surface area contributed by atoms with Gasteiger partial charge in [-0.2, -0.15) is 0 Å². The Bertz CT molecular complexity index is 2100. The normalized spacial score (nSPS) is 20.1. The van der Waals surface area contributed by atoms with Crippen LogP contribution >= 0.6 is 0 Å². The molecule has 4 atom stereocenters. The number of imidazole rings is 1. The molecular formula is C38H34N5O7. The van der Waals surface area contributed by atoms with E-state index in [1.807, 2.05) is 30.3 Å². The molecule has 0 amide bonds. The summed E-state index contributed by atoms with van der Waals surface area (Å²) in [6.07, 6.45) is -3.73. The van der Waals surface area contributed by atoms with E-state index in [1.165, 1.54) is 31.4 Å². The minimum absolute atomic E-state index is 0.0313. The summed E-state index contributed by atoms with van der Waals surface area (Å²) in [6.45, 7) is 0. The number of aromatic nitrogens is 4. The fourth-order valence-electron chi connectivity index (χ4n) is 7.08. The van der Waals surface area contributed by atoms with E-state index in [1.54, 1.807) is 78.9 Å². The van der Waals surface area contributed by atoms with Gasteiger partial charge in [0.05, 0.1) is 19.6 Å². The van der Waals surface area contributed by atoms with Crippen molar-refractivity contribution in [3.63, 3.8) is 0 Å². The number of ether oxygens (including phenoxy) is 3. The molecule has 0 aliphatic carbocycles. The monoisotopic (exact) mass is 672 g/mol. The van der Waals surface area contributed by atoms with Gasteiger partial charge in [-0.1, -0.05) is 97.1 Å². The highest BCUT2D eigenvalue weighted by Crippen LogP contribution is 2.54. The summed E-state index contributed by atoms with van der Waals surface area (Å²) in [4.78, 5) is 27.4. The van der Waals surface area contributed by atoms with Crippen molar-refractivity contribution in [2.24, 2.45) is 0 Å². The molecular weight excluding hydrogens is 638 g/mol. The summed E-state index contributed by atoms with van der Waals surface area (Å²) < 4.78 is 19.6. The molecule has 0 saturated carbocycles. The minimum atomic E-state index is -2.41. The SMILES string of the molecule is COc1ccccc1C(c1ccccc1)(c1ccccc1OC)C(O)[C@H]1O[C@@](C(=O)c2ccccc2)(n2cnc3c(N)ncnc32)[C@H](O)[C]1O. The molecule has 0 bridgehead atoms. The Hall–Kier alpha value is -5.66. The Morgan fingerprint density at radius 2 is 1.42 bits per heavy atom. The van der Waals surface area contributed by atoms with Crippen LogP contribution in [0.25, 0.3) is 11.2 Å². The van der Waals surface area contributed by atoms with Gasteiger partial charge in [0.25, 0.3) is 0 Å². The first kappa shape index (κ1) is 32.9. The average molecular weight is 673 g/mol. The Morgan fingerprint density at radius 3 is 2.02 bits per heavy atom. The van der Waals surface area contributed by atoms with Gasteiger partial charge in [0, 0.05) is 16.7 Å². The number of ketones is 1. The van der Waals surface area contributed by atoms with Crippen molar-refractivity contribution in [2.75, 3.05) is 20.0 Å². The van der Waals surface area contributed by atoms with Gasteiger partial charge in [-0.25, -0.2) is 15.0 Å². The topological polar surface area (TPSA) is 175 Å². The van der Waals surface area contributed by atoms with E-state index < -0.39 is 41.3 Å². The second-order valence-electron chi connectivity index (χ2n) is 11.8. The molecule has 1 unspecified atom stereocenters. The van der Waals surface area contributed by atoms with Crippen molar-refractivity contribution in [2.45, 2.75) is 29.5 Å². The molecule has 5 N–H and O–H groups in total. The zero-order chi connectivity index (χ0) is 35.0. The summed E-state index contributed by atoms with van der Waals surface area (Å²) in [6, 6.07) is 31.6. The molecule has 12 nitrogen and oxygen atoms in total. The number of fused-ring (bicyclic) bond motifs is 1. The fourth-order valence-corrected chi connectivity index (χ4v) is 7.08. The number of nitrogens with two attached hydrogens (primary N) is 1. The maximum atomic E-state index is 14.7. The lowest BCUT2D eigenvalue weighted by Crippen LogP contribution is -2.52. The predicted octanol–water partition coefficient (Wildman–Crippen LogP) is 4.02. The molecule has 0 spiro atoms. The zero-order valence-corrected chi connectivity index (χ0v) is 27.1. The number of hydrogen-bond donors (Lipinski definition) is 4. The number of aliphatic hydroxyl groups excluding tert-OH is 3. The van der Waals surface area contributed by atoms with Gasteiger partial charge in [-0.15, -0.1) is 0 Å². The number of carbonyl (C=O) groups excluding carboxylic acids is 1. The van der Waals surface area contributed by atoms with Gasteiger partial charge < -0.3 is 35.3 Å². The standard InChI is InChI=1S/C38H34N5O7/c1-48-27-19-11-9-17-25(27)37(24-15-7-4-8-16-24,26-18-10-12-20-28(26)49-2)34(47)31-30(44)33(46)38(50-31,32(45)23-13-5-3-6-14-23)43-22-42-29-35(39)40-21-41-36(29)43/h3-22,31,33-34,44,46-47H,1-2H3,(H2,39,40,41)/t31-,33+,34?,38+/m0/s1. The third-order valence-electron chi connectivity index (χ3n) is 9.35. The van der Waals surface area contributed by atoms with Crippen molar-refractivity contribution < 1.29 is 34.3 Å². The minimum Gasteiger partial charge on any atom is -0.496 e. The zero-order valence-electron chi connectivity index (χ0n) is 27.1. The van der Waals surface area contributed by atoms with Gasteiger partial charge in [-0.05, 0) is 17.7 Å². The lowest BCUT2D eigenvalue weighted by molar-refractivity contribution is -0.135. The van der Waals surface area contributed by atoms with E-state index in [0.29, 0.717) is 28.2 Å². The Morgan fingerprint density at radius 1 is 0.860 bits per heavy atom. The predicted molar refractivity (Wildman–Crippen MR) is 183 cm³/mol. The summed E-state index contributed by atoms with van der Waals surface area (Å²) in [5.74, 6) is 0.129. The highest BCUT2D eigenvalue weighted by Gasteiger charge is 2.66. The first-order valence-corrected chi connectivity index (χ1v) is 15.8. The first-order valence-electron chi connectivity index (χ1n) is 15.8. The third kappa shape index (κ3) is 4.83. The Labute approximate surface area is 287 Å². The van der Waals surface area contributed by atoms with Crippen LogP contribution in [0.15, 0.2) is 122 Å². The second kappa shape index (κ2) is 13.0. The van der Waals surface area contributed by atoms with Crippen molar-refractivity contribution in [1.82, 2.24) is 19.5 Å². The Balaban J connectivity index is 1.52. The number of benzene rings is 4. The van der Waals surface area contributed by atoms with E-state index in [0.717, 1.165) is 0 Å². The molecule has 6 aromatic rings. The quantitative estimate of drug-likeness (QED) is 0.122. The van der Waals surface area contributed by atoms with E-state index in [9.17, 15) is 20.1 Å². The summed E-state index contributed by atoms with van der Waals surface area (Å²) in [5, 5.41) is 37.2. The average Bonchev–Trinajstić information content (AvgIpc) is 3.72. The molecule has 4 aromatic carbocycles. The second-order valence-corrected chi connectivity index (χ2v) is 11.8. The van der Waals surface area contributed by atoms with Crippen LogP contribution in [0.2, 0.25) is 0 Å². The number of aliphatic hydroxyl groups is 3. The molecule has 253 valence electrons. The Kier molecular flexibility index (Phi) is 8.54. The smallest absolute Gasteiger partial charge is 0.242 e.